The molecule has 192 valence electrons. The SMILES string of the molecule is COc1cnc2c(-c3nc4c(Cl)cc5c(c4s3)CC(OC(=O)N(C)c3ccc(C)nc3)O5)cc(C)cc2n1. The number of carbonyl (C=O) groups excluding carboxylic acids is 1. The standard InChI is InChI=1S/C27H22ClN5O4S/c1-13-7-17(23-19(8-13)31-21(35-4)12-30-23)26-32-24-18(28)10-20-16(25(24)38-26)9-22(36-20)37-27(34)33(3)15-6-5-14(2)29-11-15/h5-8,10-12,22H,9H2,1-4H3. The molecule has 0 spiro atoms. The highest BCUT2D eigenvalue weighted by Gasteiger charge is 2.32. The number of aromatic nitrogens is 4. The first-order valence-corrected chi connectivity index (χ1v) is 13.0. The predicted molar refractivity (Wildman–Crippen MR) is 146 cm³/mol. The van der Waals surface area contributed by atoms with Crippen LogP contribution in [0.4, 0.5) is 10.5 Å². The first-order valence-electron chi connectivity index (χ1n) is 11.8. The number of hydrogen-bond acceptors (Lipinski definition) is 9. The summed E-state index contributed by atoms with van der Waals surface area (Å²) in [5, 5.41) is 1.22. The van der Waals surface area contributed by atoms with Gasteiger partial charge in [0.25, 0.3) is 0 Å². The zero-order valence-corrected chi connectivity index (χ0v) is 22.6. The molecule has 1 unspecified atom stereocenters. The molecule has 0 N–H and O–H groups in total. The van der Waals surface area contributed by atoms with Gasteiger partial charge in [0.15, 0.2) is 0 Å². The third kappa shape index (κ3) is 4.25. The number of nitrogens with zero attached hydrogens (tertiary/aromatic N) is 5. The fraction of sp³-hybridized carbons (Fsp3) is 0.222. The zero-order valence-electron chi connectivity index (χ0n) is 21.0. The molecule has 0 fully saturated rings. The highest BCUT2D eigenvalue weighted by molar-refractivity contribution is 7.22. The molecule has 38 heavy (non-hydrogen) atoms. The summed E-state index contributed by atoms with van der Waals surface area (Å²) < 4.78 is 17.8. The predicted octanol–water partition coefficient (Wildman–Crippen LogP) is 6.11. The molecule has 0 aliphatic carbocycles. The number of ether oxygens (including phenoxy) is 3. The van der Waals surface area contributed by atoms with Gasteiger partial charge in [-0.3, -0.25) is 9.88 Å². The second-order valence-corrected chi connectivity index (χ2v) is 10.4. The van der Waals surface area contributed by atoms with E-state index in [9.17, 15) is 4.79 Å². The van der Waals surface area contributed by atoms with Crippen molar-refractivity contribution in [2.24, 2.45) is 0 Å². The maximum atomic E-state index is 12.8. The average molecular weight is 548 g/mol. The van der Waals surface area contributed by atoms with Crippen LogP contribution in [0.15, 0.2) is 42.7 Å². The normalized spacial score (nSPS) is 14.4. The van der Waals surface area contributed by atoms with E-state index < -0.39 is 12.4 Å². The maximum absolute atomic E-state index is 12.8. The van der Waals surface area contributed by atoms with Crippen LogP contribution < -0.4 is 14.4 Å². The summed E-state index contributed by atoms with van der Waals surface area (Å²) in [6.45, 7) is 3.88. The molecule has 6 rings (SSSR count). The Hall–Kier alpha value is -4.02. The van der Waals surface area contributed by atoms with Crippen LogP contribution >= 0.6 is 22.9 Å². The molecule has 1 aliphatic rings. The molecule has 1 amide bonds. The quantitative estimate of drug-likeness (QED) is 0.265. The Morgan fingerprint density at radius 3 is 2.74 bits per heavy atom. The minimum Gasteiger partial charge on any atom is -0.480 e. The van der Waals surface area contributed by atoms with Crippen LogP contribution in [-0.2, 0) is 11.2 Å². The Bertz CT molecular complexity index is 1720. The van der Waals surface area contributed by atoms with E-state index in [1.165, 1.54) is 16.2 Å². The van der Waals surface area contributed by atoms with E-state index in [1.807, 2.05) is 38.1 Å². The Balaban J connectivity index is 1.32. The van der Waals surface area contributed by atoms with E-state index >= 15 is 0 Å². The van der Waals surface area contributed by atoms with Gasteiger partial charge in [0, 0.05) is 29.9 Å². The smallest absolute Gasteiger partial charge is 0.417 e. The van der Waals surface area contributed by atoms with E-state index in [4.69, 9.17) is 30.8 Å². The number of benzene rings is 2. The molecule has 0 saturated carbocycles. The minimum atomic E-state index is -0.788. The van der Waals surface area contributed by atoms with Crippen molar-refractivity contribution in [3.63, 3.8) is 0 Å². The lowest BCUT2D eigenvalue weighted by molar-refractivity contribution is -0.0127. The van der Waals surface area contributed by atoms with Crippen LogP contribution in [0.1, 0.15) is 16.8 Å². The largest absolute Gasteiger partial charge is 0.480 e. The summed E-state index contributed by atoms with van der Waals surface area (Å²) in [6, 6.07) is 9.37. The molecule has 1 atom stereocenters. The topological polar surface area (TPSA) is 99.6 Å². The summed E-state index contributed by atoms with van der Waals surface area (Å²) in [5.41, 5.74) is 6.37. The Labute approximate surface area is 227 Å². The van der Waals surface area contributed by atoms with Crippen LogP contribution in [0, 0.1) is 13.8 Å². The van der Waals surface area contributed by atoms with Crippen molar-refractivity contribution < 1.29 is 19.0 Å². The molecule has 0 bridgehead atoms. The second kappa shape index (κ2) is 9.38. The van der Waals surface area contributed by atoms with Crippen molar-refractivity contribution in [1.29, 1.82) is 0 Å². The van der Waals surface area contributed by atoms with E-state index in [2.05, 4.69) is 15.0 Å². The van der Waals surface area contributed by atoms with Gasteiger partial charge in [0.2, 0.25) is 12.2 Å². The van der Waals surface area contributed by atoms with Gasteiger partial charge in [-0.05, 0) is 43.7 Å². The molecular formula is C27H22ClN5O4S. The highest BCUT2D eigenvalue weighted by Crippen LogP contribution is 2.44. The Morgan fingerprint density at radius 2 is 1.97 bits per heavy atom. The molecule has 2 aromatic carbocycles. The third-order valence-corrected chi connectivity index (χ3v) is 7.75. The molecule has 0 radical (unpaired) electrons. The molecule has 4 heterocycles. The number of hydrogen-bond donors (Lipinski definition) is 0. The average Bonchev–Trinajstić information content (AvgIpc) is 3.52. The summed E-state index contributed by atoms with van der Waals surface area (Å²) in [4.78, 5) is 32.4. The molecule has 5 aromatic rings. The van der Waals surface area contributed by atoms with Gasteiger partial charge < -0.3 is 14.2 Å². The monoisotopic (exact) mass is 547 g/mol. The summed E-state index contributed by atoms with van der Waals surface area (Å²) >= 11 is 8.12. The van der Waals surface area contributed by atoms with Crippen molar-refractivity contribution in [3.05, 3.63) is 64.6 Å². The van der Waals surface area contributed by atoms with Crippen molar-refractivity contribution in [2.45, 2.75) is 26.6 Å². The molecular weight excluding hydrogens is 526 g/mol. The number of aryl methyl sites for hydroxylation is 2. The molecule has 9 nitrogen and oxygen atoms in total. The van der Waals surface area contributed by atoms with Crippen LogP contribution in [0.3, 0.4) is 0 Å². The summed E-state index contributed by atoms with van der Waals surface area (Å²) in [7, 11) is 3.19. The van der Waals surface area contributed by atoms with E-state index in [0.29, 0.717) is 34.3 Å². The van der Waals surface area contributed by atoms with Crippen LogP contribution in [0.25, 0.3) is 31.8 Å². The number of halogens is 1. The van der Waals surface area contributed by atoms with E-state index in [1.54, 1.807) is 32.6 Å². The van der Waals surface area contributed by atoms with Crippen molar-refractivity contribution in [3.8, 4) is 22.2 Å². The van der Waals surface area contributed by atoms with Gasteiger partial charge in [-0.25, -0.2) is 19.7 Å². The third-order valence-electron chi connectivity index (χ3n) is 6.31. The van der Waals surface area contributed by atoms with Crippen molar-refractivity contribution in [2.75, 3.05) is 19.1 Å². The Morgan fingerprint density at radius 1 is 1.13 bits per heavy atom. The molecule has 11 heteroatoms. The van der Waals surface area contributed by atoms with Gasteiger partial charge in [-0.15, -0.1) is 11.3 Å². The lowest BCUT2D eigenvalue weighted by atomic mass is 10.1. The number of rotatable bonds is 4. The van der Waals surface area contributed by atoms with Gasteiger partial charge in [0.05, 0.1) is 52.4 Å². The van der Waals surface area contributed by atoms with Crippen LogP contribution in [0.2, 0.25) is 5.02 Å². The maximum Gasteiger partial charge on any atom is 0.417 e. The first kappa shape index (κ1) is 24.3. The fourth-order valence-electron chi connectivity index (χ4n) is 4.36. The molecule has 3 aromatic heterocycles. The van der Waals surface area contributed by atoms with Crippen LogP contribution in [-0.4, -0.2) is 46.5 Å². The van der Waals surface area contributed by atoms with Crippen molar-refractivity contribution in [1.82, 2.24) is 19.9 Å². The number of anilines is 1. The number of amides is 1. The van der Waals surface area contributed by atoms with Gasteiger partial charge >= 0.3 is 6.09 Å². The van der Waals surface area contributed by atoms with Crippen molar-refractivity contribution >= 4 is 56.0 Å². The molecule has 0 saturated heterocycles. The van der Waals surface area contributed by atoms with Crippen LogP contribution in [0.5, 0.6) is 11.6 Å². The molecule has 1 aliphatic heterocycles. The second-order valence-electron chi connectivity index (χ2n) is 8.98. The van der Waals surface area contributed by atoms with Gasteiger partial charge in [0.1, 0.15) is 16.3 Å². The van der Waals surface area contributed by atoms with Gasteiger partial charge in [-0.2, -0.15) is 0 Å². The number of thiazole rings is 1. The lowest BCUT2D eigenvalue weighted by Gasteiger charge is -2.19. The minimum absolute atomic E-state index is 0.377. The zero-order chi connectivity index (χ0) is 26.6. The number of methoxy groups -OCH3 is 1. The first-order chi connectivity index (χ1) is 18.3. The van der Waals surface area contributed by atoms with E-state index in [0.717, 1.165) is 43.1 Å². The summed E-state index contributed by atoms with van der Waals surface area (Å²) in [5.74, 6) is 1.02. The number of fused-ring (bicyclic) bond motifs is 4. The Kier molecular flexibility index (Phi) is 6.00. The van der Waals surface area contributed by atoms with Gasteiger partial charge in [-0.1, -0.05) is 11.6 Å². The lowest BCUT2D eigenvalue weighted by Crippen LogP contribution is -2.32. The summed E-state index contributed by atoms with van der Waals surface area (Å²) in [6.07, 6.45) is 2.26. The number of pyridine rings is 1. The highest BCUT2D eigenvalue weighted by atomic mass is 35.5. The van der Waals surface area contributed by atoms with E-state index in [-0.39, 0.29) is 0 Å². The number of carbonyl (C=O) groups is 1. The fourth-order valence-corrected chi connectivity index (χ4v) is 5.81.